The van der Waals surface area contributed by atoms with Crippen molar-refractivity contribution in [1.82, 2.24) is 4.90 Å². The Balaban J connectivity index is 1.69. The summed E-state index contributed by atoms with van der Waals surface area (Å²) < 4.78 is 11.4. The molecule has 0 aliphatic carbocycles. The number of hydrogen-bond acceptors (Lipinski definition) is 5. The van der Waals surface area contributed by atoms with Gasteiger partial charge in [0, 0.05) is 11.5 Å². The lowest BCUT2D eigenvalue weighted by atomic mass is 9.77. The zero-order chi connectivity index (χ0) is 22.8. The molecule has 0 bridgehead atoms. The van der Waals surface area contributed by atoms with Crippen molar-refractivity contribution in [3.05, 3.63) is 59.2 Å². The second kappa shape index (κ2) is 7.08. The number of benzene rings is 2. The van der Waals surface area contributed by atoms with E-state index in [-0.39, 0.29) is 19.1 Å². The Morgan fingerprint density at radius 3 is 2.50 bits per heavy atom. The first kappa shape index (κ1) is 20.5. The van der Waals surface area contributed by atoms with Gasteiger partial charge in [0.15, 0.2) is 0 Å². The van der Waals surface area contributed by atoms with Gasteiger partial charge in [0.1, 0.15) is 11.3 Å². The molecule has 7 heteroatoms. The Labute approximate surface area is 186 Å². The van der Waals surface area contributed by atoms with Gasteiger partial charge in [0.05, 0.1) is 30.9 Å². The third kappa shape index (κ3) is 2.63. The maximum absolute atomic E-state index is 13.9. The van der Waals surface area contributed by atoms with Crippen molar-refractivity contribution in [2.45, 2.75) is 39.3 Å². The molecule has 2 fully saturated rings. The number of esters is 1. The molecule has 0 N–H and O–H groups in total. The third-order valence-corrected chi connectivity index (χ3v) is 7.00. The van der Waals surface area contributed by atoms with Crippen LogP contribution in [-0.2, 0) is 14.3 Å². The van der Waals surface area contributed by atoms with Gasteiger partial charge in [0.25, 0.3) is 5.91 Å². The average molecular weight is 434 g/mol. The number of imide groups is 1. The van der Waals surface area contributed by atoms with Crippen molar-refractivity contribution >= 4 is 23.6 Å². The molecule has 2 aromatic rings. The molecule has 0 spiro atoms. The topological polar surface area (TPSA) is 76.2 Å². The summed E-state index contributed by atoms with van der Waals surface area (Å²) in [4.78, 5) is 43.6. The Kier molecular flexibility index (Phi) is 4.55. The molecule has 7 nitrogen and oxygen atoms in total. The molecule has 0 radical (unpaired) electrons. The first-order chi connectivity index (χ1) is 15.3. The molecule has 32 heavy (non-hydrogen) atoms. The zero-order valence-corrected chi connectivity index (χ0v) is 18.6. The van der Waals surface area contributed by atoms with Crippen molar-refractivity contribution in [2.24, 2.45) is 11.8 Å². The highest BCUT2D eigenvalue weighted by atomic mass is 16.5. The Hall–Kier alpha value is -3.35. The standard InChI is InChI=1S/C25H26N2O5/c1-5-31-22(28)20-18-13-32-19-11-8-15(3)12-17(19)21(18)27-24(30)26(23(29)25(20,27)4)16-9-6-14(2)7-10-16/h6-12,18,20-21H,5,13H2,1-4H3/t18-,20+,21-,25+/m1/s1. The van der Waals surface area contributed by atoms with E-state index in [4.69, 9.17) is 9.47 Å². The normalized spacial score (nSPS) is 28.2. The molecule has 3 aliphatic heterocycles. The molecule has 3 amide bonds. The van der Waals surface area contributed by atoms with Crippen LogP contribution in [0.2, 0.25) is 0 Å². The number of anilines is 1. The summed E-state index contributed by atoms with van der Waals surface area (Å²) in [6.07, 6.45) is 0. The largest absolute Gasteiger partial charge is 0.493 e. The zero-order valence-electron chi connectivity index (χ0n) is 18.6. The van der Waals surface area contributed by atoms with Crippen molar-refractivity contribution in [3.8, 4) is 5.75 Å². The van der Waals surface area contributed by atoms with Crippen LogP contribution in [0.25, 0.3) is 0 Å². The van der Waals surface area contributed by atoms with Crippen LogP contribution in [0.5, 0.6) is 5.75 Å². The monoisotopic (exact) mass is 434 g/mol. The van der Waals surface area contributed by atoms with E-state index in [2.05, 4.69) is 0 Å². The van der Waals surface area contributed by atoms with Crippen molar-refractivity contribution < 1.29 is 23.9 Å². The minimum atomic E-state index is -1.36. The lowest BCUT2D eigenvalue weighted by Crippen LogP contribution is -2.51. The van der Waals surface area contributed by atoms with Gasteiger partial charge in [-0.2, -0.15) is 0 Å². The lowest BCUT2D eigenvalue weighted by Gasteiger charge is -2.34. The minimum absolute atomic E-state index is 0.198. The summed E-state index contributed by atoms with van der Waals surface area (Å²) in [6, 6.07) is 12.2. The minimum Gasteiger partial charge on any atom is -0.493 e. The average Bonchev–Trinajstić information content (AvgIpc) is 3.14. The molecule has 3 heterocycles. The van der Waals surface area contributed by atoms with E-state index < -0.39 is 35.4 Å². The highest BCUT2D eigenvalue weighted by molar-refractivity contribution is 6.24. The summed E-state index contributed by atoms with van der Waals surface area (Å²) in [5.74, 6) is -1.40. The second-order valence-corrected chi connectivity index (χ2v) is 8.97. The van der Waals surface area contributed by atoms with Crippen LogP contribution in [0.1, 0.15) is 36.6 Å². The van der Waals surface area contributed by atoms with E-state index in [0.717, 1.165) is 16.7 Å². The SMILES string of the molecule is CCOC(=O)[C@@H]1[C@H]2COc3ccc(C)cc3[C@H]2N2C(=O)N(c3ccc(C)cc3)C(=O)[C@]12C. The van der Waals surface area contributed by atoms with Gasteiger partial charge in [-0.1, -0.05) is 35.4 Å². The summed E-state index contributed by atoms with van der Waals surface area (Å²) in [6.45, 7) is 7.78. The van der Waals surface area contributed by atoms with Crippen LogP contribution in [-0.4, -0.2) is 41.6 Å². The second-order valence-electron chi connectivity index (χ2n) is 8.97. The molecule has 166 valence electrons. The van der Waals surface area contributed by atoms with E-state index in [1.807, 2.05) is 44.2 Å². The first-order valence-electron chi connectivity index (χ1n) is 10.9. The molecular formula is C25H26N2O5. The van der Waals surface area contributed by atoms with Crippen LogP contribution < -0.4 is 9.64 Å². The Morgan fingerprint density at radius 1 is 1.12 bits per heavy atom. The van der Waals surface area contributed by atoms with Crippen LogP contribution in [0.15, 0.2) is 42.5 Å². The van der Waals surface area contributed by atoms with Gasteiger partial charge >= 0.3 is 12.0 Å². The van der Waals surface area contributed by atoms with Crippen molar-refractivity contribution in [1.29, 1.82) is 0 Å². The number of aryl methyl sites for hydroxylation is 2. The first-order valence-corrected chi connectivity index (χ1v) is 10.9. The van der Waals surface area contributed by atoms with Gasteiger partial charge in [0.2, 0.25) is 0 Å². The molecular weight excluding hydrogens is 408 g/mol. The smallest absolute Gasteiger partial charge is 0.332 e. The number of carbonyl (C=O) groups excluding carboxylic acids is 3. The van der Waals surface area contributed by atoms with E-state index in [0.29, 0.717) is 11.4 Å². The number of nitrogens with zero attached hydrogens (tertiary/aromatic N) is 2. The van der Waals surface area contributed by atoms with Gasteiger partial charge in [-0.05, 0) is 45.9 Å². The molecule has 3 aliphatic rings. The fraction of sp³-hybridized carbons (Fsp3) is 0.400. The fourth-order valence-electron chi connectivity index (χ4n) is 5.54. The predicted molar refractivity (Wildman–Crippen MR) is 117 cm³/mol. The molecule has 2 aromatic carbocycles. The Bertz CT molecular complexity index is 1130. The number of amides is 3. The highest BCUT2D eigenvalue weighted by Gasteiger charge is 2.72. The fourth-order valence-corrected chi connectivity index (χ4v) is 5.54. The van der Waals surface area contributed by atoms with Gasteiger partial charge in [-0.15, -0.1) is 0 Å². The van der Waals surface area contributed by atoms with E-state index in [1.54, 1.807) is 30.9 Å². The lowest BCUT2D eigenvalue weighted by molar-refractivity contribution is -0.154. The summed E-state index contributed by atoms with van der Waals surface area (Å²) >= 11 is 0. The Morgan fingerprint density at radius 2 is 1.81 bits per heavy atom. The molecule has 4 atom stereocenters. The van der Waals surface area contributed by atoms with Crippen LogP contribution >= 0.6 is 0 Å². The predicted octanol–water partition coefficient (Wildman–Crippen LogP) is 3.77. The third-order valence-electron chi connectivity index (χ3n) is 7.00. The number of rotatable bonds is 3. The van der Waals surface area contributed by atoms with Gasteiger partial charge in [-0.25, -0.2) is 9.69 Å². The number of carbonyl (C=O) groups is 3. The molecule has 0 aromatic heterocycles. The number of hydrogen-bond donors (Lipinski definition) is 0. The molecule has 5 rings (SSSR count). The highest BCUT2D eigenvalue weighted by Crippen LogP contribution is 2.58. The van der Waals surface area contributed by atoms with Crippen LogP contribution in [0.4, 0.5) is 10.5 Å². The maximum atomic E-state index is 13.9. The summed E-state index contributed by atoms with van der Waals surface area (Å²) in [5.41, 5.74) is 2.00. The number of ether oxygens (including phenoxy) is 2. The molecule has 0 unspecified atom stereocenters. The van der Waals surface area contributed by atoms with Gasteiger partial charge in [-0.3, -0.25) is 9.59 Å². The maximum Gasteiger partial charge on any atom is 0.332 e. The summed E-state index contributed by atoms with van der Waals surface area (Å²) in [5, 5.41) is 0. The van der Waals surface area contributed by atoms with E-state index in [1.165, 1.54) is 4.90 Å². The van der Waals surface area contributed by atoms with Crippen LogP contribution in [0, 0.1) is 25.7 Å². The molecule has 2 saturated heterocycles. The van der Waals surface area contributed by atoms with E-state index >= 15 is 0 Å². The summed E-state index contributed by atoms with van der Waals surface area (Å²) in [7, 11) is 0. The van der Waals surface area contributed by atoms with Crippen molar-refractivity contribution in [2.75, 3.05) is 18.1 Å². The van der Waals surface area contributed by atoms with E-state index in [9.17, 15) is 14.4 Å². The van der Waals surface area contributed by atoms with Gasteiger partial charge < -0.3 is 14.4 Å². The number of urea groups is 1. The van der Waals surface area contributed by atoms with Crippen LogP contribution in [0.3, 0.4) is 0 Å². The van der Waals surface area contributed by atoms with Crippen molar-refractivity contribution in [3.63, 3.8) is 0 Å². The number of fused-ring (bicyclic) bond motifs is 5. The quantitative estimate of drug-likeness (QED) is 0.543. The molecule has 0 saturated carbocycles.